The van der Waals surface area contributed by atoms with Crippen LogP contribution in [0.5, 0.6) is 0 Å². The minimum atomic E-state index is -3.87. The van der Waals surface area contributed by atoms with Crippen molar-refractivity contribution in [3.63, 3.8) is 0 Å². The normalized spacial score (nSPS) is 14.9. The minimum Gasteiger partial charge on any atom is -0.450 e. The lowest BCUT2D eigenvalue weighted by atomic mass is 9.99. The molecule has 2 N–H and O–H groups in total. The van der Waals surface area contributed by atoms with Crippen molar-refractivity contribution in [3.8, 4) is 0 Å². The summed E-state index contributed by atoms with van der Waals surface area (Å²) >= 11 is 7.08. The van der Waals surface area contributed by atoms with Crippen LogP contribution in [-0.2, 0) is 9.84 Å². The van der Waals surface area contributed by atoms with Crippen molar-refractivity contribution in [3.05, 3.63) is 111 Å². The van der Waals surface area contributed by atoms with Gasteiger partial charge in [0.05, 0.1) is 28.1 Å². The Balaban J connectivity index is 0.00000294. The minimum absolute atomic E-state index is 0. The number of sulfone groups is 1. The number of rotatable bonds is 4. The summed E-state index contributed by atoms with van der Waals surface area (Å²) in [7, 11) is -3.87. The van der Waals surface area contributed by atoms with Crippen molar-refractivity contribution < 1.29 is 17.6 Å². The standard InChI is InChI=1S/C26H16ClN3O5S2.H2S/c27-15-6-4-5-14(11-15)22-21-23(31)18-10-9-16(28)12-19(18)35-24(21)25(32)30(22)26-29-13-20(36-26)37(33,34)17-7-2-1-3-8-17;/h1-13,22H,28H2;1H2. The topological polar surface area (TPSA) is 124 Å². The van der Waals surface area contributed by atoms with Crippen molar-refractivity contribution in [2.24, 2.45) is 0 Å². The number of nitrogens with zero attached hydrogens (tertiary/aromatic N) is 2. The van der Waals surface area contributed by atoms with E-state index in [9.17, 15) is 18.0 Å². The highest BCUT2D eigenvalue weighted by Gasteiger charge is 2.45. The van der Waals surface area contributed by atoms with Crippen molar-refractivity contribution >= 4 is 74.0 Å². The zero-order valence-electron chi connectivity index (χ0n) is 19.3. The molecule has 0 radical (unpaired) electrons. The highest BCUT2D eigenvalue weighted by atomic mass is 35.5. The molecule has 1 aliphatic rings. The average Bonchev–Trinajstić information content (AvgIpc) is 3.48. The van der Waals surface area contributed by atoms with Crippen LogP contribution in [0.25, 0.3) is 11.0 Å². The number of carbonyl (C=O) groups is 1. The number of benzene rings is 3. The number of nitrogen functional groups attached to an aromatic ring is 1. The molecule has 0 saturated carbocycles. The Labute approximate surface area is 232 Å². The Morgan fingerprint density at radius 2 is 1.76 bits per heavy atom. The van der Waals surface area contributed by atoms with E-state index in [1.54, 1.807) is 54.6 Å². The van der Waals surface area contributed by atoms with Gasteiger partial charge in [-0.2, -0.15) is 13.5 Å². The van der Waals surface area contributed by atoms with Crippen molar-refractivity contribution in [1.82, 2.24) is 4.98 Å². The van der Waals surface area contributed by atoms with Crippen LogP contribution < -0.4 is 16.1 Å². The number of nitrogens with two attached hydrogens (primary N) is 1. The fraction of sp³-hybridized carbons (Fsp3) is 0.0385. The summed E-state index contributed by atoms with van der Waals surface area (Å²) in [4.78, 5) is 33.0. The molecule has 38 heavy (non-hydrogen) atoms. The summed E-state index contributed by atoms with van der Waals surface area (Å²) in [6.07, 6.45) is 1.21. The predicted octanol–water partition coefficient (Wildman–Crippen LogP) is 5.18. The van der Waals surface area contributed by atoms with Crippen molar-refractivity contribution in [2.45, 2.75) is 15.1 Å². The second kappa shape index (κ2) is 9.59. The number of thiazole rings is 1. The van der Waals surface area contributed by atoms with E-state index < -0.39 is 27.2 Å². The number of amides is 1. The molecule has 0 spiro atoms. The molecule has 1 unspecified atom stereocenters. The fourth-order valence-corrected chi connectivity index (χ4v) is 7.15. The molecular formula is C26H18ClN3O5S3. The van der Waals surface area contributed by atoms with Crippen LogP contribution in [0.1, 0.15) is 27.7 Å². The van der Waals surface area contributed by atoms with Gasteiger partial charge in [0.1, 0.15) is 9.79 Å². The maximum Gasteiger partial charge on any atom is 0.297 e. The quantitative estimate of drug-likeness (QED) is 0.289. The van der Waals surface area contributed by atoms with Gasteiger partial charge in [0.25, 0.3) is 5.91 Å². The second-order valence-corrected chi connectivity index (χ2v) is 12.0. The molecule has 1 atom stereocenters. The van der Waals surface area contributed by atoms with Crippen LogP contribution in [0.3, 0.4) is 0 Å². The zero-order chi connectivity index (χ0) is 25.9. The summed E-state index contributed by atoms with van der Waals surface area (Å²) in [6, 6.07) is 18.4. The highest BCUT2D eigenvalue weighted by Crippen LogP contribution is 2.44. The lowest BCUT2D eigenvalue weighted by Gasteiger charge is -2.22. The van der Waals surface area contributed by atoms with Crippen LogP contribution in [0, 0.1) is 0 Å². The van der Waals surface area contributed by atoms with E-state index in [0.29, 0.717) is 16.3 Å². The van der Waals surface area contributed by atoms with Gasteiger partial charge in [-0.15, -0.1) is 0 Å². The molecule has 0 fully saturated rings. The van der Waals surface area contributed by atoms with Gasteiger partial charge in [-0.3, -0.25) is 14.5 Å². The van der Waals surface area contributed by atoms with Gasteiger partial charge in [-0.05, 0) is 42.0 Å². The molecule has 5 aromatic rings. The first kappa shape index (κ1) is 26.0. The van der Waals surface area contributed by atoms with E-state index in [4.69, 9.17) is 21.8 Å². The van der Waals surface area contributed by atoms with E-state index in [1.807, 2.05) is 0 Å². The lowest BCUT2D eigenvalue weighted by Crippen LogP contribution is -2.29. The molecule has 1 amide bonds. The van der Waals surface area contributed by atoms with E-state index in [2.05, 4.69) is 4.98 Å². The number of carbonyl (C=O) groups excluding carboxylic acids is 1. The highest BCUT2D eigenvalue weighted by molar-refractivity contribution is 7.93. The molecule has 1 aliphatic heterocycles. The number of aromatic nitrogens is 1. The molecule has 192 valence electrons. The van der Waals surface area contributed by atoms with E-state index in [0.717, 1.165) is 11.3 Å². The monoisotopic (exact) mass is 583 g/mol. The van der Waals surface area contributed by atoms with Gasteiger partial charge in [0.15, 0.2) is 10.6 Å². The third-order valence-electron chi connectivity index (χ3n) is 6.06. The number of halogens is 1. The lowest BCUT2D eigenvalue weighted by molar-refractivity contribution is 0.0971. The summed E-state index contributed by atoms with van der Waals surface area (Å²) in [5.41, 5.74) is 6.68. The molecule has 3 aromatic carbocycles. The first-order chi connectivity index (χ1) is 17.8. The SMILES string of the molecule is Nc1ccc2c(=O)c3c(oc2c1)C(=O)N(c1ncc(S(=O)(=O)c2ccccc2)s1)C3c1cccc(Cl)c1.S. The smallest absolute Gasteiger partial charge is 0.297 e. The molecule has 8 nitrogen and oxygen atoms in total. The van der Waals surface area contributed by atoms with Crippen LogP contribution in [0.2, 0.25) is 5.02 Å². The summed E-state index contributed by atoms with van der Waals surface area (Å²) < 4.78 is 32.2. The van der Waals surface area contributed by atoms with Gasteiger partial charge in [-0.1, -0.05) is 53.3 Å². The van der Waals surface area contributed by atoms with Crippen molar-refractivity contribution in [1.29, 1.82) is 0 Å². The molecular weight excluding hydrogens is 566 g/mol. The Kier molecular flexibility index (Phi) is 6.56. The van der Waals surface area contributed by atoms with Crippen molar-refractivity contribution in [2.75, 3.05) is 10.6 Å². The van der Waals surface area contributed by atoms with Gasteiger partial charge < -0.3 is 10.2 Å². The summed E-state index contributed by atoms with van der Waals surface area (Å²) in [5.74, 6) is -0.782. The van der Waals surface area contributed by atoms with E-state index >= 15 is 0 Å². The number of hydrogen-bond donors (Lipinski definition) is 1. The van der Waals surface area contributed by atoms with E-state index in [-0.39, 0.29) is 50.0 Å². The largest absolute Gasteiger partial charge is 0.450 e. The molecule has 0 bridgehead atoms. The van der Waals surface area contributed by atoms with Crippen LogP contribution >= 0.6 is 36.4 Å². The maximum atomic E-state index is 13.7. The summed E-state index contributed by atoms with van der Waals surface area (Å²) in [6.45, 7) is 0. The Bertz CT molecular complexity index is 1890. The zero-order valence-corrected chi connectivity index (χ0v) is 22.7. The third-order valence-corrected chi connectivity index (χ3v) is 9.52. The molecule has 0 saturated heterocycles. The molecule has 12 heteroatoms. The first-order valence-electron chi connectivity index (χ1n) is 11.0. The Morgan fingerprint density at radius 1 is 1.00 bits per heavy atom. The van der Waals surface area contributed by atoms with E-state index in [1.165, 1.54) is 29.3 Å². The Hall–Kier alpha value is -3.64. The molecule has 6 rings (SSSR count). The summed E-state index contributed by atoms with van der Waals surface area (Å²) in [5, 5.41) is 0.766. The Morgan fingerprint density at radius 3 is 2.50 bits per heavy atom. The third kappa shape index (κ3) is 4.08. The van der Waals surface area contributed by atoms with Gasteiger partial charge in [0.2, 0.25) is 15.6 Å². The van der Waals surface area contributed by atoms with Gasteiger partial charge in [0, 0.05) is 16.8 Å². The molecule has 0 aliphatic carbocycles. The number of fused-ring (bicyclic) bond motifs is 2. The maximum absolute atomic E-state index is 13.7. The fourth-order valence-electron chi connectivity index (χ4n) is 4.38. The van der Waals surface area contributed by atoms with Gasteiger partial charge in [-0.25, -0.2) is 13.4 Å². The average molecular weight is 584 g/mol. The number of anilines is 2. The second-order valence-electron chi connectivity index (χ2n) is 8.34. The number of hydrogen-bond acceptors (Lipinski definition) is 8. The van der Waals surface area contributed by atoms with Crippen LogP contribution in [0.4, 0.5) is 10.8 Å². The van der Waals surface area contributed by atoms with Crippen LogP contribution in [-0.4, -0.2) is 19.3 Å². The van der Waals surface area contributed by atoms with Gasteiger partial charge >= 0.3 is 0 Å². The predicted molar refractivity (Wildman–Crippen MR) is 151 cm³/mol. The molecule has 2 aromatic heterocycles. The molecule has 3 heterocycles. The van der Waals surface area contributed by atoms with Crippen LogP contribution in [0.15, 0.2) is 97.3 Å². The first-order valence-corrected chi connectivity index (χ1v) is 13.6.